The van der Waals surface area contributed by atoms with E-state index in [0.29, 0.717) is 19.0 Å². The molecule has 0 saturated heterocycles. The molecule has 0 bridgehead atoms. The minimum Gasteiger partial charge on any atom is -0.491 e. The van der Waals surface area contributed by atoms with Crippen LogP contribution in [0.25, 0.3) is 0 Å². The van der Waals surface area contributed by atoms with Crippen molar-refractivity contribution in [1.82, 2.24) is 4.57 Å². The van der Waals surface area contributed by atoms with Gasteiger partial charge in [-0.15, -0.1) is 24.0 Å². The summed E-state index contributed by atoms with van der Waals surface area (Å²) in [5.41, 5.74) is 6.79. The molecule has 26 heavy (non-hydrogen) atoms. The fourth-order valence-electron chi connectivity index (χ4n) is 2.32. The highest BCUT2D eigenvalue weighted by Gasteiger charge is 1.99. The van der Waals surface area contributed by atoms with E-state index in [4.69, 9.17) is 10.5 Å². The van der Waals surface area contributed by atoms with Crippen molar-refractivity contribution >= 4 is 35.6 Å². The number of pyridine rings is 1. The number of anilines is 1. The van der Waals surface area contributed by atoms with Gasteiger partial charge in [0.15, 0.2) is 5.96 Å². The topological polar surface area (TPSA) is 81.6 Å². The number of unbranched alkanes of at least 4 members (excludes halogenated alkanes) is 1. The molecule has 2 aromatic rings. The van der Waals surface area contributed by atoms with E-state index in [2.05, 4.69) is 10.3 Å². The zero-order chi connectivity index (χ0) is 18.1. The molecule has 0 aliphatic rings. The van der Waals surface area contributed by atoms with Gasteiger partial charge in [0, 0.05) is 31.0 Å². The summed E-state index contributed by atoms with van der Waals surface area (Å²) in [5.74, 6) is 1.21. The normalized spacial score (nSPS) is 11.1. The highest BCUT2D eigenvalue weighted by molar-refractivity contribution is 14.0. The second-order valence-corrected chi connectivity index (χ2v) is 6.02. The van der Waals surface area contributed by atoms with Gasteiger partial charge in [0.1, 0.15) is 5.75 Å². The summed E-state index contributed by atoms with van der Waals surface area (Å²) >= 11 is 0. The lowest BCUT2D eigenvalue weighted by Crippen LogP contribution is -2.23. The average Bonchev–Trinajstić information content (AvgIpc) is 2.57. The van der Waals surface area contributed by atoms with Crippen LogP contribution in [0.1, 0.15) is 26.7 Å². The van der Waals surface area contributed by atoms with E-state index in [1.807, 2.05) is 44.2 Å². The van der Waals surface area contributed by atoms with Crippen molar-refractivity contribution in [2.45, 2.75) is 39.3 Å². The molecule has 0 amide bonds. The third-order valence-corrected chi connectivity index (χ3v) is 3.49. The average molecular weight is 470 g/mol. The molecule has 142 valence electrons. The van der Waals surface area contributed by atoms with E-state index in [1.54, 1.807) is 22.9 Å². The molecule has 0 atom stereocenters. The van der Waals surface area contributed by atoms with Crippen molar-refractivity contribution in [3.63, 3.8) is 0 Å². The van der Waals surface area contributed by atoms with E-state index < -0.39 is 0 Å². The predicted octanol–water partition coefficient (Wildman–Crippen LogP) is 3.46. The van der Waals surface area contributed by atoms with Crippen LogP contribution in [0.5, 0.6) is 5.75 Å². The van der Waals surface area contributed by atoms with Gasteiger partial charge < -0.3 is 20.4 Å². The standard InChI is InChI=1S/C19H26N4O2.HI/c1-15(2)25-17-10-8-16(9-11-17)22-19(20)21-12-4-6-14-23-13-5-3-7-18(23)24;/h3,5,7-11,13,15H,4,6,12,14H2,1-2H3,(H3,20,21,22);1H. The van der Waals surface area contributed by atoms with Crippen molar-refractivity contribution < 1.29 is 4.74 Å². The maximum Gasteiger partial charge on any atom is 0.250 e. The number of nitrogens with two attached hydrogens (primary N) is 1. The van der Waals surface area contributed by atoms with Crippen LogP contribution >= 0.6 is 24.0 Å². The number of hydrogen-bond donors (Lipinski definition) is 2. The first-order valence-electron chi connectivity index (χ1n) is 8.54. The molecule has 2 rings (SSSR count). The molecule has 0 spiro atoms. The molecule has 0 fully saturated rings. The number of nitrogens with zero attached hydrogens (tertiary/aromatic N) is 2. The summed E-state index contributed by atoms with van der Waals surface area (Å²) in [6.45, 7) is 5.30. The number of aryl methyl sites for hydroxylation is 1. The molecule has 1 aromatic carbocycles. The Labute approximate surface area is 171 Å². The van der Waals surface area contributed by atoms with Gasteiger partial charge in [-0.3, -0.25) is 9.79 Å². The van der Waals surface area contributed by atoms with Gasteiger partial charge in [0.05, 0.1) is 6.10 Å². The van der Waals surface area contributed by atoms with Crippen molar-refractivity contribution in [1.29, 1.82) is 0 Å². The predicted molar refractivity (Wildman–Crippen MR) is 118 cm³/mol. The maximum atomic E-state index is 11.6. The minimum absolute atomic E-state index is 0. The molecule has 1 aromatic heterocycles. The van der Waals surface area contributed by atoms with Crippen LogP contribution in [-0.4, -0.2) is 23.2 Å². The number of aromatic nitrogens is 1. The van der Waals surface area contributed by atoms with E-state index in [-0.39, 0.29) is 35.6 Å². The van der Waals surface area contributed by atoms with E-state index >= 15 is 0 Å². The summed E-state index contributed by atoms with van der Waals surface area (Å²) < 4.78 is 7.30. The Morgan fingerprint density at radius 2 is 1.92 bits per heavy atom. The van der Waals surface area contributed by atoms with Gasteiger partial charge in [-0.25, -0.2) is 0 Å². The highest BCUT2D eigenvalue weighted by Crippen LogP contribution is 2.16. The Hall–Kier alpha value is -2.03. The zero-order valence-electron chi connectivity index (χ0n) is 15.2. The summed E-state index contributed by atoms with van der Waals surface area (Å²) in [6, 6.07) is 12.8. The second-order valence-electron chi connectivity index (χ2n) is 6.02. The number of ether oxygens (including phenoxy) is 1. The Morgan fingerprint density at radius 1 is 1.19 bits per heavy atom. The molecular formula is C19H27IN4O2. The Balaban J connectivity index is 0.00000338. The molecule has 6 nitrogen and oxygen atoms in total. The molecule has 3 N–H and O–H groups in total. The maximum absolute atomic E-state index is 11.6. The number of hydrogen-bond acceptors (Lipinski definition) is 3. The number of aliphatic imine (C=N–C) groups is 1. The third-order valence-electron chi connectivity index (χ3n) is 3.49. The van der Waals surface area contributed by atoms with Gasteiger partial charge in [-0.2, -0.15) is 0 Å². The lowest BCUT2D eigenvalue weighted by Gasteiger charge is -2.11. The fourth-order valence-corrected chi connectivity index (χ4v) is 2.32. The second kappa shape index (κ2) is 11.6. The molecular weight excluding hydrogens is 443 g/mol. The van der Waals surface area contributed by atoms with Crippen LogP contribution in [0.3, 0.4) is 0 Å². The van der Waals surface area contributed by atoms with Crippen LogP contribution in [-0.2, 0) is 6.54 Å². The Morgan fingerprint density at radius 3 is 2.58 bits per heavy atom. The number of rotatable bonds is 8. The Kier molecular flexibility index (Phi) is 9.79. The monoisotopic (exact) mass is 470 g/mol. The van der Waals surface area contributed by atoms with Crippen LogP contribution in [0, 0.1) is 0 Å². The fraction of sp³-hybridized carbons (Fsp3) is 0.368. The lowest BCUT2D eigenvalue weighted by atomic mass is 10.3. The zero-order valence-corrected chi connectivity index (χ0v) is 17.6. The first-order valence-corrected chi connectivity index (χ1v) is 8.54. The molecule has 1 heterocycles. The van der Waals surface area contributed by atoms with Crippen LogP contribution in [0.15, 0.2) is 58.4 Å². The van der Waals surface area contributed by atoms with Crippen LogP contribution in [0.2, 0.25) is 0 Å². The largest absolute Gasteiger partial charge is 0.491 e. The Bertz CT molecular complexity index is 742. The number of nitrogens with one attached hydrogen (secondary N) is 1. The number of guanidine groups is 1. The SMILES string of the molecule is CC(C)Oc1ccc(NC(N)=NCCCCn2ccccc2=O)cc1.I. The first-order chi connectivity index (χ1) is 12.0. The molecule has 0 aliphatic carbocycles. The molecule has 0 saturated carbocycles. The van der Waals surface area contributed by atoms with Crippen LogP contribution < -0.4 is 21.3 Å². The van der Waals surface area contributed by atoms with Crippen molar-refractivity contribution in [2.24, 2.45) is 10.7 Å². The van der Waals surface area contributed by atoms with E-state index in [0.717, 1.165) is 24.3 Å². The van der Waals surface area contributed by atoms with E-state index in [9.17, 15) is 4.79 Å². The summed E-state index contributed by atoms with van der Waals surface area (Å²) in [5, 5.41) is 3.06. The highest BCUT2D eigenvalue weighted by atomic mass is 127. The van der Waals surface area contributed by atoms with Gasteiger partial charge >= 0.3 is 0 Å². The number of benzene rings is 1. The molecule has 0 unspecified atom stereocenters. The van der Waals surface area contributed by atoms with E-state index in [1.165, 1.54) is 0 Å². The minimum atomic E-state index is 0. The number of halogens is 1. The molecule has 7 heteroatoms. The van der Waals surface area contributed by atoms with Gasteiger partial charge in [-0.05, 0) is 57.0 Å². The van der Waals surface area contributed by atoms with Crippen molar-refractivity contribution in [3.8, 4) is 5.75 Å². The van der Waals surface area contributed by atoms with Gasteiger partial charge in [-0.1, -0.05) is 6.07 Å². The van der Waals surface area contributed by atoms with Gasteiger partial charge in [0.25, 0.3) is 0 Å². The summed E-state index contributed by atoms with van der Waals surface area (Å²) in [6.07, 6.45) is 3.69. The van der Waals surface area contributed by atoms with Crippen LogP contribution in [0.4, 0.5) is 5.69 Å². The lowest BCUT2D eigenvalue weighted by molar-refractivity contribution is 0.242. The quantitative estimate of drug-likeness (QED) is 0.268. The molecule has 0 aliphatic heterocycles. The van der Waals surface area contributed by atoms with Gasteiger partial charge in [0.2, 0.25) is 5.56 Å². The van der Waals surface area contributed by atoms with Crippen molar-refractivity contribution in [3.05, 3.63) is 59.0 Å². The smallest absolute Gasteiger partial charge is 0.250 e. The third kappa shape index (κ3) is 7.90. The first kappa shape index (κ1) is 22.0. The summed E-state index contributed by atoms with van der Waals surface area (Å²) in [7, 11) is 0. The molecule has 0 radical (unpaired) electrons. The van der Waals surface area contributed by atoms with Crippen molar-refractivity contribution in [2.75, 3.05) is 11.9 Å². The summed E-state index contributed by atoms with van der Waals surface area (Å²) in [4.78, 5) is 15.9.